The summed E-state index contributed by atoms with van der Waals surface area (Å²) >= 11 is 0. The van der Waals surface area contributed by atoms with E-state index in [4.69, 9.17) is 0 Å². The maximum absolute atomic E-state index is 12.5. The third-order valence-corrected chi connectivity index (χ3v) is 6.45. The third kappa shape index (κ3) is 6.59. The number of rotatable bonds is 10. The number of nitrogens with one attached hydrogen (secondary N) is 1. The number of nitrogens with zero attached hydrogens (tertiary/aromatic N) is 1. The minimum absolute atomic E-state index is 0.0555. The topological polar surface area (TPSA) is 66.5 Å². The van der Waals surface area contributed by atoms with Gasteiger partial charge >= 0.3 is 0 Å². The first-order valence-electron chi connectivity index (χ1n) is 10.5. The highest BCUT2D eigenvalue weighted by atomic mass is 32.2. The van der Waals surface area contributed by atoms with E-state index in [1.54, 1.807) is 0 Å². The first-order valence-corrected chi connectivity index (χ1v) is 12.3. The summed E-state index contributed by atoms with van der Waals surface area (Å²) in [4.78, 5) is 12.3. The molecule has 5 nitrogen and oxygen atoms in total. The van der Waals surface area contributed by atoms with Crippen LogP contribution in [0.1, 0.15) is 62.1 Å². The number of benzene rings is 2. The lowest BCUT2D eigenvalue weighted by Crippen LogP contribution is -2.34. The second-order valence-electron chi connectivity index (χ2n) is 8.22. The lowest BCUT2D eigenvalue weighted by molar-refractivity contribution is -0.121. The van der Waals surface area contributed by atoms with Crippen molar-refractivity contribution < 1.29 is 13.2 Å². The number of amides is 1. The highest BCUT2D eigenvalue weighted by molar-refractivity contribution is 7.92. The molecule has 0 saturated carbocycles. The van der Waals surface area contributed by atoms with Gasteiger partial charge in [-0.15, -0.1) is 0 Å². The van der Waals surface area contributed by atoms with Gasteiger partial charge in [-0.1, -0.05) is 69.3 Å². The summed E-state index contributed by atoms with van der Waals surface area (Å²) in [6.45, 7) is 8.96. The van der Waals surface area contributed by atoms with Crippen LogP contribution in [0.5, 0.6) is 0 Å². The molecule has 30 heavy (non-hydrogen) atoms. The molecule has 2 rings (SSSR count). The van der Waals surface area contributed by atoms with Crippen LogP contribution in [-0.4, -0.2) is 33.7 Å². The average molecular weight is 431 g/mol. The van der Waals surface area contributed by atoms with Gasteiger partial charge in [-0.3, -0.25) is 9.10 Å². The van der Waals surface area contributed by atoms with Crippen LogP contribution in [0.3, 0.4) is 0 Å². The van der Waals surface area contributed by atoms with Gasteiger partial charge in [0.2, 0.25) is 15.9 Å². The summed E-state index contributed by atoms with van der Waals surface area (Å²) in [6.07, 6.45) is 1.98. The Kier molecular flexibility index (Phi) is 8.47. The molecule has 0 aliphatic heterocycles. The molecule has 0 aliphatic carbocycles. The maximum Gasteiger partial charge on any atom is 0.232 e. The Morgan fingerprint density at radius 1 is 1.03 bits per heavy atom. The quantitative estimate of drug-likeness (QED) is 0.600. The van der Waals surface area contributed by atoms with E-state index < -0.39 is 10.0 Å². The third-order valence-electron chi connectivity index (χ3n) is 5.28. The van der Waals surface area contributed by atoms with Crippen molar-refractivity contribution in [1.82, 2.24) is 5.32 Å². The van der Waals surface area contributed by atoms with Crippen LogP contribution in [-0.2, 0) is 14.8 Å². The Morgan fingerprint density at radius 3 is 2.30 bits per heavy atom. The van der Waals surface area contributed by atoms with Gasteiger partial charge in [0, 0.05) is 19.5 Å². The van der Waals surface area contributed by atoms with Crippen LogP contribution in [0.25, 0.3) is 0 Å². The summed E-state index contributed by atoms with van der Waals surface area (Å²) in [5, 5.41) is 2.97. The second-order valence-corrected chi connectivity index (χ2v) is 10.1. The Bertz CT molecular complexity index is 940. The number of hydrogen-bond donors (Lipinski definition) is 1. The predicted molar refractivity (Wildman–Crippen MR) is 125 cm³/mol. The molecule has 1 N–H and O–H groups in total. The van der Waals surface area contributed by atoms with E-state index in [2.05, 4.69) is 38.2 Å². The standard InChI is InChI=1S/C24H34N2O3S/c1-18(2)22-14-9-11-19(3)24(22)26(30(5,28)29)16-10-15-23(27)25-17-20(4)21-12-7-6-8-13-21/h6-9,11-14,18,20H,10,15-17H2,1-5H3,(H,25,27). The van der Waals surface area contributed by atoms with Gasteiger partial charge in [-0.2, -0.15) is 0 Å². The van der Waals surface area contributed by atoms with E-state index in [-0.39, 0.29) is 30.7 Å². The van der Waals surface area contributed by atoms with Gasteiger partial charge in [0.05, 0.1) is 11.9 Å². The molecule has 0 fully saturated rings. The first kappa shape index (κ1) is 23.9. The van der Waals surface area contributed by atoms with Crippen molar-refractivity contribution in [3.63, 3.8) is 0 Å². The van der Waals surface area contributed by atoms with Crippen LogP contribution >= 0.6 is 0 Å². The van der Waals surface area contributed by atoms with Crippen molar-refractivity contribution in [2.75, 3.05) is 23.7 Å². The summed E-state index contributed by atoms with van der Waals surface area (Å²) < 4.78 is 26.5. The minimum atomic E-state index is -3.45. The molecule has 1 unspecified atom stereocenters. The SMILES string of the molecule is Cc1cccc(C(C)C)c1N(CCCC(=O)NCC(C)c1ccccc1)S(C)(=O)=O. The van der Waals surface area contributed by atoms with Crippen molar-refractivity contribution in [3.8, 4) is 0 Å². The van der Waals surface area contributed by atoms with Crippen LogP contribution in [0.2, 0.25) is 0 Å². The average Bonchev–Trinajstić information content (AvgIpc) is 2.69. The fraction of sp³-hybridized carbons (Fsp3) is 0.458. The van der Waals surface area contributed by atoms with Gasteiger partial charge in [0.25, 0.3) is 0 Å². The number of carbonyl (C=O) groups excluding carboxylic acids is 1. The normalized spacial score (nSPS) is 12.6. The zero-order valence-corrected chi connectivity index (χ0v) is 19.5. The van der Waals surface area contributed by atoms with Gasteiger partial charge in [-0.25, -0.2) is 8.42 Å². The summed E-state index contributed by atoms with van der Waals surface area (Å²) in [7, 11) is -3.45. The van der Waals surface area contributed by atoms with Crippen LogP contribution < -0.4 is 9.62 Å². The Balaban J connectivity index is 1.99. The highest BCUT2D eigenvalue weighted by Crippen LogP contribution is 2.32. The zero-order chi connectivity index (χ0) is 22.3. The fourth-order valence-electron chi connectivity index (χ4n) is 3.57. The molecule has 0 bridgehead atoms. The number of hydrogen-bond acceptors (Lipinski definition) is 3. The first-order chi connectivity index (χ1) is 14.1. The van der Waals surface area contributed by atoms with Gasteiger partial charge in [0.15, 0.2) is 0 Å². The zero-order valence-electron chi connectivity index (χ0n) is 18.7. The lowest BCUT2D eigenvalue weighted by Gasteiger charge is -2.28. The molecule has 0 heterocycles. The van der Waals surface area contributed by atoms with Crippen molar-refractivity contribution >= 4 is 21.6 Å². The molecule has 0 aliphatic rings. The number of aryl methyl sites for hydroxylation is 1. The van der Waals surface area contributed by atoms with Crippen LogP contribution in [0.4, 0.5) is 5.69 Å². The van der Waals surface area contributed by atoms with E-state index in [9.17, 15) is 13.2 Å². The molecular formula is C24H34N2O3S. The van der Waals surface area contributed by atoms with Gasteiger partial charge in [-0.05, 0) is 41.9 Å². The van der Waals surface area contributed by atoms with E-state index in [1.807, 2.05) is 43.3 Å². The van der Waals surface area contributed by atoms with E-state index in [0.717, 1.165) is 16.8 Å². The van der Waals surface area contributed by atoms with Crippen molar-refractivity contribution in [1.29, 1.82) is 0 Å². The van der Waals surface area contributed by atoms with Gasteiger partial charge in [0.1, 0.15) is 0 Å². The molecule has 1 amide bonds. The van der Waals surface area contributed by atoms with E-state index in [1.165, 1.54) is 16.1 Å². The van der Waals surface area contributed by atoms with Crippen molar-refractivity contribution in [2.24, 2.45) is 0 Å². The van der Waals surface area contributed by atoms with E-state index in [0.29, 0.717) is 13.0 Å². The summed E-state index contributed by atoms with van der Waals surface area (Å²) in [5.74, 6) is 0.371. The van der Waals surface area contributed by atoms with Crippen molar-refractivity contribution in [2.45, 2.75) is 52.4 Å². The predicted octanol–water partition coefficient (Wildman–Crippen LogP) is 4.58. The highest BCUT2D eigenvalue weighted by Gasteiger charge is 2.23. The fourth-order valence-corrected chi connectivity index (χ4v) is 4.61. The molecular weight excluding hydrogens is 396 g/mol. The Morgan fingerprint density at radius 2 is 1.70 bits per heavy atom. The molecule has 0 spiro atoms. The summed E-state index contributed by atoms with van der Waals surface area (Å²) in [5.41, 5.74) is 3.85. The number of anilines is 1. The van der Waals surface area contributed by atoms with Gasteiger partial charge < -0.3 is 5.32 Å². The molecule has 2 aromatic rings. The van der Waals surface area contributed by atoms with Crippen molar-refractivity contribution in [3.05, 3.63) is 65.2 Å². The maximum atomic E-state index is 12.5. The largest absolute Gasteiger partial charge is 0.356 e. The molecule has 0 saturated heterocycles. The number of sulfonamides is 1. The Labute approximate surface area is 181 Å². The second kappa shape index (κ2) is 10.6. The van der Waals surface area contributed by atoms with Crippen LogP contribution in [0, 0.1) is 6.92 Å². The number of carbonyl (C=O) groups is 1. The molecule has 0 radical (unpaired) electrons. The molecule has 0 aromatic heterocycles. The number of para-hydroxylation sites is 1. The molecule has 6 heteroatoms. The molecule has 164 valence electrons. The van der Waals surface area contributed by atoms with E-state index >= 15 is 0 Å². The minimum Gasteiger partial charge on any atom is -0.356 e. The molecule has 2 aromatic carbocycles. The lowest BCUT2D eigenvalue weighted by atomic mass is 9.98. The summed E-state index contributed by atoms with van der Waals surface area (Å²) in [6, 6.07) is 15.9. The monoisotopic (exact) mass is 430 g/mol. The smallest absolute Gasteiger partial charge is 0.232 e. The molecule has 1 atom stereocenters. The Hall–Kier alpha value is -2.34. The van der Waals surface area contributed by atoms with Crippen LogP contribution in [0.15, 0.2) is 48.5 Å².